The summed E-state index contributed by atoms with van der Waals surface area (Å²) < 4.78 is 5.70. The first-order valence-electron chi connectivity index (χ1n) is 7.23. The lowest BCUT2D eigenvalue weighted by Crippen LogP contribution is -2.29. The van der Waals surface area contributed by atoms with Crippen LogP contribution >= 0.6 is 12.4 Å². The van der Waals surface area contributed by atoms with Crippen LogP contribution in [0.3, 0.4) is 0 Å². The van der Waals surface area contributed by atoms with E-state index in [4.69, 9.17) is 9.72 Å². The van der Waals surface area contributed by atoms with Gasteiger partial charge in [0.15, 0.2) is 5.82 Å². The number of para-hydroxylation sites is 2. The summed E-state index contributed by atoms with van der Waals surface area (Å²) in [5.74, 6) is 1.52. The summed E-state index contributed by atoms with van der Waals surface area (Å²) in [5, 5.41) is 3.40. The maximum absolute atomic E-state index is 5.70. The van der Waals surface area contributed by atoms with E-state index in [9.17, 15) is 0 Å². The monoisotopic (exact) mass is 308 g/mol. The van der Waals surface area contributed by atoms with E-state index in [1.807, 2.05) is 31.2 Å². The third-order valence-electron chi connectivity index (χ3n) is 3.44. The number of nitrogens with zero attached hydrogens (tertiary/aromatic N) is 3. The zero-order chi connectivity index (χ0) is 13.8. The van der Waals surface area contributed by atoms with Crippen molar-refractivity contribution in [3.05, 3.63) is 24.3 Å². The van der Waals surface area contributed by atoms with Gasteiger partial charge in [-0.3, -0.25) is 0 Å². The zero-order valence-corrected chi connectivity index (χ0v) is 13.0. The number of benzene rings is 1. The fourth-order valence-corrected chi connectivity index (χ4v) is 2.47. The number of anilines is 1. The minimum absolute atomic E-state index is 0. The van der Waals surface area contributed by atoms with Crippen molar-refractivity contribution in [1.82, 2.24) is 15.3 Å². The average molecular weight is 309 g/mol. The Morgan fingerprint density at radius 1 is 1.14 bits per heavy atom. The van der Waals surface area contributed by atoms with Gasteiger partial charge in [0.05, 0.1) is 17.6 Å². The molecule has 21 heavy (non-hydrogen) atoms. The van der Waals surface area contributed by atoms with Crippen LogP contribution in [0, 0.1) is 0 Å². The van der Waals surface area contributed by atoms with Crippen molar-refractivity contribution in [2.75, 3.05) is 37.7 Å². The molecule has 3 rings (SSSR count). The molecule has 1 saturated heterocycles. The number of rotatable bonds is 3. The molecule has 1 aliphatic rings. The van der Waals surface area contributed by atoms with Gasteiger partial charge in [0.1, 0.15) is 0 Å². The van der Waals surface area contributed by atoms with E-state index < -0.39 is 0 Å². The molecule has 0 amide bonds. The van der Waals surface area contributed by atoms with Crippen LogP contribution in [-0.4, -0.2) is 42.8 Å². The predicted octanol–water partition coefficient (Wildman–Crippen LogP) is 2.25. The molecule has 0 atom stereocenters. The van der Waals surface area contributed by atoms with Crippen molar-refractivity contribution in [2.24, 2.45) is 0 Å². The van der Waals surface area contributed by atoms with E-state index in [0.29, 0.717) is 12.5 Å². The van der Waals surface area contributed by atoms with Crippen molar-refractivity contribution < 1.29 is 4.74 Å². The molecule has 2 aromatic rings. The summed E-state index contributed by atoms with van der Waals surface area (Å²) in [7, 11) is 0. The molecule has 6 heteroatoms. The Hall–Kier alpha value is -1.59. The lowest BCUT2D eigenvalue weighted by atomic mass is 10.3. The van der Waals surface area contributed by atoms with E-state index in [-0.39, 0.29) is 12.4 Å². The summed E-state index contributed by atoms with van der Waals surface area (Å²) in [6.07, 6.45) is 1.11. The van der Waals surface area contributed by atoms with Gasteiger partial charge in [-0.15, -0.1) is 12.4 Å². The van der Waals surface area contributed by atoms with E-state index in [0.717, 1.165) is 49.5 Å². The Morgan fingerprint density at radius 2 is 1.90 bits per heavy atom. The minimum atomic E-state index is 0. The lowest BCUT2D eigenvalue weighted by molar-refractivity contribution is 0.327. The van der Waals surface area contributed by atoms with Gasteiger partial charge in [-0.1, -0.05) is 12.1 Å². The molecule has 1 fully saturated rings. The molecule has 1 aromatic heterocycles. The molecule has 0 saturated carbocycles. The molecule has 1 aliphatic heterocycles. The molecular formula is C15H21ClN4O. The van der Waals surface area contributed by atoms with Crippen LogP contribution in [0.5, 0.6) is 5.88 Å². The standard InChI is InChI=1S/C15H20N4O.ClH/c1-2-20-15-14(19-10-5-8-16-9-11-19)17-12-6-3-4-7-13(12)18-15;/h3-4,6-7,16H,2,5,8-11H2,1H3;1H. The Kier molecular flexibility index (Phi) is 5.59. The Balaban J connectivity index is 0.00000161. The topological polar surface area (TPSA) is 50.3 Å². The molecule has 5 nitrogen and oxygen atoms in total. The molecule has 114 valence electrons. The van der Waals surface area contributed by atoms with Crippen LogP contribution in [0.4, 0.5) is 5.82 Å². The van der Waals surface area contributed by atoms with Gasteiger partial charge in [0.2, 0.25) is 0 Å². The van der Waals surface area contributed by atoms with Gasteiger partial charge < -0.3 is 15.0 Å². The Bertz CT molecular complexity index is 585. The highest BCUT2D eigenvalue weighted by Crippen LogP contribution is 2.27. The molecule has 0 spiro atoms. The van der Waals surface area contributed by atoms with Crippen LogP contribution in [0.2, 0.25) is 0 Å². The highest BCUT2D eigenvalue weighted by molar-refractivity contribution is 5.85. The number of nitrogens with one attached hydrogen (secondary N) is 1. The fraction of sp³-hybridized carbons (Fsp3) is 0.467. The van der Waals surface area contributed by atoms with E-state index in [1.165, 1.54) is 0 Å². The third kappa shape index (κ3) is 3.54. The predicted molar refractivity (Wildman–Crippen MR) is 87.7 cm³/mol. The largest absolute Gasteiger partial charge is 0.475 e. The summed E-state index contributed by atoms with van der Waals surface area (Å²) in [5.41, 5.74) is 1.80. The van der Waals surface area contributed by atoms with Crippen LogP contribution in [0.25, 0.3) is 11.0 Å². The van der Waals surface area contributed by atoms with Crippen molar-refractivity contribution >= 4 is 29.3 Å². The highest BCUT2D eigenvalue weighted by Gasteiger charge is 2.18. The van der Waals surface area contributed by atoms with Crippen molar-refractivity contribution in [2.45, 2.75) is 13.3 Å². The third-order valence-corrected chi connectivity index (χ3v) is 3.44. The van der Waals surface area contributed by atoms with Crippen molar-refractivity contribution in [1.29, 1.82) is 0 Å². The normalized spacial score (nSPS) is 15.4. The van der Waals surface area contributed by atoms with Crippen LogP contribution in [0.15, 0.2) is 24.3 Å². The second kappa shape index (κ2) is 7.43. The van der Waals surface area contributed by atoms with Gasteiger partial charge in [0, 0.05) is 19.6 Å². The number of ether oxygens (including phenoxy) is 1. The number of aromatic nitrogens is 2. The Labute approximate surface area is 131 Å². The van der Waals surface area contributed by atoms with E-state index in [2.05, 4.69) is 15.2 Å². The molecule has 0 bridgehead atoms. The number of halogens is 1. The molecule has 1 aromatic carbocycles. The van der Waals surface area contributed by atoms with Gasteiger partial charge in [0.25, 0.3) is 5.88 Å². The molecule has 1 N–H and O–H groups in total. The Morgan fingerprint density at radius 3 is 2.67 bits per heavy atom. The molecule has 0 unspecified atom stereocenters. The SMILES string of the molecule is CCOc1nc2ccccc2nc1N1CCCNCC1.Cl. The summed E-state index contributed by atoms with van der Waals surface area (Å²) >= 11 is 0. The maximum atomic E-state index is 5.70. The van der Waals surface area contributed by atoms with Gasteiger partial charge >= 0.3 is 0 Å². The van der Waals surface area contributed by atoms with Gasteiger partial charge in [-0.05, 0) is 32.0 Å². The zero-order valence-electron chi connectivity index (χ0n) is 12.2. The van der Waals surface area contributed by atoms with E-state index >= 15 is 0 Å². The van der Waals surface area contributed by atoms with E-state index in [1.54, 1.807) is 0 Å². The summed E-state index contributed by atoms with van der Waals surface area (Å²) in [6.45, 7) is 6.53. The average Bonchev–Trinajstić information content (AvgIpc) is 2.76. The number of hydrogen-bond acceptors (Lipinski definition) is 5. The van der Waals surface area contributed by atoms with Gasteiger partial charge in [-0.25, -0.2) is 9.97 Å². The summed E-state index contributed by atoms with van der Waals surface area (Å²) in [4.78, 5) is 11.7. The van der Waals surface area contributed by atoms with Crippen LogP contribution in [-0.2, 0) is 0 Å². The minimum Gasteiger partial charge on any atom is -0.475 e. The van der Waals surface area contributed by atoms with Crippen molar-refractivity contribution in [3.63, 3.8) is 0 Å². The quantitative estimate of drug-likeness (QED) is 0.942. The second-order valence-electron chi connectivity index (χ2n) is 4.86. The first-order valence-corrected chi connectivity index (χ1v) is 7.23. The second-order valence-corrected chi connectivity index (χ2v) is 4.86. The smallest absolute Gasteiger partial charge is 0.258 e. The number of fused-ring (bicyclic) bond motifs is 1. The molecule has 0 aliphatic carbocycles. The maximum Gasteiger partial charge on any atom is 0.258 e. The van der Waals surface area contributed by atoms with Crippen LogP contribution in [0.1, 0.15) is 13.3 Å². The molecular weight excluding hydrogens is 288 g/mol. The molecule has 0 radical (unpaired) electrons. The lowest BCUT2D eigenvalue weighted by Gasteiger charge is -2.23. The first-order chi connectivity index (χ1) is 9.88. The molecule has 2 heterocycles. The number of hydrogen-bond donors (Lipinski definition) is 1. The van der Waals surface area contributed by atoms with Crippen molar-refractivity contribution in [3.8, 4) is 5.88 Å². The summed E-state index contributed by atoms with van der Waals surface area (Å²) in [6, 6.07) is 7.93. The first kappa shape index (κ1) is 15.8. The van der Waals surface area contributed by atoms with Gasteiger partial charge in [-0.2, -0.15) is 0 Å². The van der Waals surface area contributed by atoms with Crippen LogP contribution < -0.4 is 15.0 Å². The highest BCUT2D eigenvalue weighted by atomic mass is 35.5. The fourth-order valence-electron chi connectivity index (χ4n) is 2.47.